The monoisotopic (exact) mass is 242 g/mol. The van der Waals surface area contributed by atoms with E-state index in [4.69, 9.17) is 19.7 Å². The highest BCUT2D eigenvalue weighted by atomic mass is 16.5. The zero-order valence-corrected chi connectivity index (χ0v) is 9.56. The Hall–Kier alpha value is -1.95. The van der Waals surface area contributed by atoms with Gasteiger partial charge in [0.05, 0.1) is 19.8 Å². The van der Waals surface area contributed by atoms with Crippen LogP contribution in [0.5, 0.6) is 17.2 Å². The molecule has 0 bridgehead atoms. The number of carbonyl (C=O) groups is 1. The van der Waals surface area contributed by atoms with E-state index in [1.165, 1.54) is 20.3 Å². The Bertz CT molecular complexity index is 426. The van der Waals surface area contributed by atoms with E-state index in [1.807, 2.05) is 0 Å². The lowest BCUT2D eigenvalue weighted by atomic mass is 10.0. The van der Waals surface area contributed by atoms with E-state index in [1.54, 1.807) is 0 Å². The van der Waals surface area contributed by atoms with E-state index in [9.17, 15) is 9.90 Å². The van der Waals surface area contributed by atoms with Crippen molar-refractivity contribution in [2.24, 2.45) is 0 Å². The SMILES string of the molecule is COc1cc(C(=O)O)c(CCO)c(OC)c1O. The van der Waals surface area contributed by atoms with Crippen LogP contribution in [0.25, 0.3) is 0 Å². The van der Waals surface area contributed by atoms with Gasteiger partial charge < -0.3 is 24.8 Å². The standard InChI is InChI=1S/C11H14O6/c1-16-8-5-7(11(14)15)6(3-4-12)10(17-2)9(8)13/h5,12-13H,3-4H2,1-2H3,(H,14,15). The number of phenolic OH excluding ortho intramolecular Hbond substituents is 1. The summed E-state index contributed by atoms with van der Waals surface area (Å²) < 4.78 is 9.81. The fraction of sp³-hybridized carbons (Fsp3) is 0.364. The average molecular weight is 242 g/mol. The fourth-order valence-electron chi connectivity index (χ4n) is 1.59. The molecule has 0 atom stereocenters. The number of aliphatic hydroxyl groups is 1. The zero-order chi connectivity index (χ0) is 13.0. The van der Waals surface area contributed by atoms with Crippen LogP contribution >= 0.6 is 0 Å². The molecule has 1 aromatic rings. The zero-order valence-electron chi connectivity index (χ0n) is 9.56. The van der Waals surface area contributed by atoms with Crippen LogP contribution in [-0.2, 0) is 6.42 Å². The Labute approximate surface area is 98.0 Å². The van der Waals surface area contributed by atoms with E-state index in [2.05, 4.69) is 0 Å². The highest BCUT2D eigenvalue weighted by Crippen LogP contribution is 2.41. The molecule has 6 nitrogen and oxygen atoms in total. The molecule has 94 valence electrons. The van der Waals surface area contributed by atoms with Gasteiger partial charge in [0.1, 0.15) is 0 Å². The van der Waals surface area contributed by atoms with Crippen molar-refractivity contribution in [3.05, 3.63) is 17.2 Å². The number of hydrogen-bond donors (Lipinski definition) is 3. The minimum absolute atomic E-state index is 0.0100. The predicted molar refractivity (Wildman–Crippen MR) is 59.0 cm³/mol. The summed E-state index contributed by atoms with van der Waals surface area (Å²) in [6, 6.07) is 1.20. The van der Waals surface area contributed by atoms with Crippen LogP contribution in [-0.4, -0.2) is 42.1 Å². The first kappa shape index (κ1) is 13.1. The van der Waals surface area contributed by atoms with Crippen LogP contribution in [0.15, 0.2) is 6.07 Å². The number of aliphatic hydroxyl groups excluding tert-OH is 1. The second-order valence-electron chi connectivity index (χ2n) is 3.27. The van der Waals surface area contributed by atoms with Crippen LogP contribution in [0.3, 0.4) is 0 Å². The van der Waals surface area contributed by atoms with Crippen molar-refractivity contribution < 1.29 is 29.6 Å². The third-order valence-electron chi connectivity index (χ3n) is 2.34. The summed E-state index contributed by atoms with van der Waals surface area (Å²) >= 11 is 0. The number of carboxylic acid groups (broad SMARTS) is 1. The van der Waals surface area contributed by atoms with Crippen LogP contribution in [0.1, 0.15) is 15.9 Å². The molecule has 0 aliphatic carbocycles. The topological polar surface area (TPSA) is 96.2 Å². The van der Waals surface area contributed by atoms with Gasteiger partial charge in [0, 0.05) is 18.6 Å². The Morgan fingerprint density at radius 3 is 2.41 bits per heavy atom. The maximum atomic E-state index is 11.1. The van der Waals surface area contributed by atoms with E-state index in [0.29, 0.717) is 0 Å². The molecular formula is C11H14O6. The lowest BCUT2D eigenvalue weighted by Crippen LogP contribution is -2.07. The van der Waals surface area contributed by atoms with E-state index in [-0.39, 0.29) is 41.4 Å². The Balaban J connectivity index is 3.51. The minimum Gasteiger partial charge on any atom is -0.502 e. The predicted octanol–water partition coefficient (Wildman–Crippen LogP) is 0.642. The van der Waals surface area contributed by atoms with Crippen molar-refractivity contribution in [3.63, 3.8) is 0 Å². The Morgan fingerprint density at radius 2 is 2.00 bits per heavy atom. The first-order valence-electron chi connectivity index (χ1n) is 4.87. The number of rotatable bonds is 5. The summed E-state index contributed by atoms with van der Waals surface area (Å²) in [6.45, 7) is -0.248. The van der Waals surface area contributed by atoms with Crippen molar-refractivity contribution in [2.45, 2.75) is 6.42 Å². The van der Waals surface area contributed by atoms with Gasteiger partial charge in [-0.3, -0.25) is 0 Å². The van der Waals surface area contributed by atoms with Gasteiger partial charge >= 0.3 is 5.97 Å². The third kappa shape index (κ3) is 2.42. The molecule has 0 fully saturated rings. The molecular weight excluding hydrogens is 228 g/mol. The summed E-state index contributed by atoms with van der Waals surface area (Å²) in [5.74, 6) is -1.43. The van der Waals surface area contributed by atoms with Gasteiger partial charge in [0.25, 0.3) is 0 Å². The first-order valence-corrected chi connectivity index (χ1v) is 4.87. The number of ether oxygens (including phenoxy) is 2. The van der Waals surface area contributed by atoms with Crippen molar-refractivity contribution in [2.75, 3.05) is 20.8 Å². The molecule has 0 aliphatic rings. The number of carboxylic acids is 1. The molecule has 0 saturated heterocycles. The van der Waals surface area contributed by atoms with Gasteiger partial charge in [0.2, 0.25) is 5.75 Å². The summed E-state index contributed by atoms with van der Waals surface area (Å²) in [5.41, 5.74) is 0.173. The molecule has 0 radical (unpaired) electrons. The summed E-state index contributed by atoms with van der Waals surface area (Å²) in [6.07, 6.45) is 0.0718. The molecule has 0 spiro atoms. The molecule has 17 heavy (non-hydrogen) atoms. The second kappa shape index (κ2) is 5.40. The van der Waals surface area contributed by atoms with Crippen LogP contribution in [0, 0.1) is 0 Å². The number of hydrogen-bond acceptors (Lipinski definition) is 5. The molecule has 1 rings (SSSR count). The average Bonchev–Trinajstić information content (AvgIpc) is 2.29. The number of benzene rings is 1. The van der Waals surface area contributed by atoms with E-state index < -0.39 is 5.97 Å². The molecule has 0 saturated carbocycles. The fourth-order valence-corrected chi connectivity index (χ4v) is 1.59. The molecule has 0 amide bonds. The lowest BCUT2D eigenvalue weighted by molar-refractivity contribution is 0.0694. The highest BCUT2D eigenvalue weighted by molar-refractivity contribution is 5.92. The Kier molecular flexibility index (Phi) is 4.17. The second-order valence-corrected chi connectivity index (χ2v) is 3.27. The van der Waals surface area contributed by atoms with Gasteiger partial charge in [-0.25, -0.2) is 4.79 Å². The molecule has 6 heteroatoms. The number of methoxy groups -OCH3 is 2. The molecule has 0 aliphatic heterocycles. The number of phenols is 1. The van der Waals surface area contributed by atoms with Gasteiger partial charge in [-0.1, -0.05) is 0 Å². The van der Waals surface area contributed by atoms with E-state index in [0.717, 1.165) is 0 Å². The van der Waals surface area contributed by atoms with Crippen LogP contribution in [0.4, 0.5) is 0 Å². The first-order chi connectivity index (χ1) is 8.06. The van der Waals surface area contributed by atoms with Crippen molar-refractivity contribution >= 4 is 5.97 Å². The molecule has 0 unspecified atom stereocenters. The normalized spacial score (nSPS) is 10.1. The Morgan fingerprint density at radius 1 is 1.35 bits per heavy atom. The van der Waals surface area contributed by atoms with Gasteiger partial charge in [-0.15, -0.1) is 0 Å². The highest BCUT2D eigenvalue weighted by Gasteiger charge is 2.22. The largest absolute Gasteiger partial charge is 0.502 e. The van der Waals surface area contributed by atoms with Crippen molar-refractivity contribution in [1.29, 1.82) is 0 Å². The van der Waals surface area contributed by atoms with Gasteiger partial charge in [-0.05, 0) is 6.07 Å². The van der Waals surface area contributed by atoms with Crippen LogP contribution in [0.2, 0.25) is 0 Å². The van der Waals surface area contributed by atoms with Crippen molar-refractivity contribution in [1.82, 2.24) is 0 Å². The third-order valence-corrected chi connectivity index (χ3v) is 2.34. The lowest BCUT2D eigenvalue weighted by Gasteiger charge is -2.15. The minimum atomic E-state index is -1.18. The van der Waals surface area contributed by atoms with E-state index >= 15 is 0 Å². The molecule has 0 heterocycles. The molecule has 3 N–H and O–H groups in total. The van der Waals surface area contributed by atoms with Gasteiger partial charge in [0.15, 0.2) is 11.5 Å². The quantitative estimate of drug-likeness (QED) is 0.701. The molecule has 1 aromatic carbocycles. The van der Waals surface area contributed by atoms with Gasteiger partial charge in [-0.2, -0.15) is 0 Å². The summed E-state index contributed by atoms with van der Waals surface area (Å²) in [4.78, 5) is 11.1. The maximum absolute atomic E-state index is 11.1. The smallest absolute Gasteiger partial charge is 0.336 e. The van der Waals surface area contributed by atoms with Crippen molar-refractivity contribution in [3.8, 4) is 17.2 Å². The van der Waals surface area contributed by atoms with Crippen LogP contribution < -0.4 is 9.47 Å². The molecule has 0 aromatic heterocycles. The summed E-state index contributed by atoms with van der Waals surface area (Å²) in [7, 11) is 2.62. The maximum Gasteiger partial charge on any atom is 0.336 e. The summed E-state index contributed by atoms with van der Waals surface area (Å²) in [5, 5.41) is 27.7. The number of aromatic carboxylic acids is 1. The number of aromatic hydroxyl groups is 1.